The van der Waals surface area contributed by atoms with Crippen molar-refractivity contribution in [1.29, 1.82) is 0 Å². The maximum atomic E-state index is 12.0. The van der Waals surface area contributed by atoms with Crippen molar-refractivity contribution in [3.8, 4) is 0 Å². The molecular formula is C18H19BrN2O2. The Kier molecular flexibility index (Phi) is 5.93. The first-order chi connectivity index (χ1) is 11.0. The fraction of sp³-hybridized carbons (Fsp3) is 0.222. The van der Waals surface area contributed by atoms with E-state index in [1.54, 1.807) is 18.2 Å². The summed E-state index contributed by atoms with van der Waals surface area (Å²) in [5, 5.41) is 5.28. The highest BCUT2D eigenvalue weighted by Crippen LogP contribution is 2.16. The average molecular weight is 375 g/mol. The first-order valence-electron chi connectivity index (χ1n) is 7.46. The summed E-state index contributed by atoms with van der Waals surface area (Å²) in [6, 6.07) is 14.8. The van der Waals surface area contributed by atoms with Crippen LogP contribution in [0.4, 0.5) is 5.69 Å². The number of benzene rings is 2. The molecule has 0 bridgehead atoms. The van der Waals surface area contributed by atoms with Gasteiger partial charge in [0.2, 0.25) is 0 Å². The lowest BCUT2D eigenvalue weighted by Gasteiger charge is -2.14. The zero-order valence-electron chi connectivity index (χ0n) is 13.1. The molecule has 23 heavy (non-hydrogen) atoms. The minimum absolute atomic E-state index is 0.235. The van der Waals surface area contributed by atoms with Crippen molar-refractivity contribution < 1.29 is 9.59 Å². The smallest absolute Gasteiger partial charge is 0.313 e. The van der Waals surface area contributed by atoms with Crippen LogP contribution in [0.25, 0.3) is 0 Å². The van der Waals surface area contributed by atoms with Gasteiger partial charge in [0.05, 0.1) is 6.04 Å². The van der Waals surface area contributed by atoms with Crippen LogP contribution in [-0.2, 0) is 16.0 Å². The van der Waals surface area contributed by atoms with E-state index in [-0.39, 0.29) is 6.04 Å². The Morgan fingerprint density at radius 2 is 1.78 bits per heavy atom. The predicted molar refractivity (Wildman–Crippen MR) is 95.1 cm³/mol. The minimum Gasteiger partial charge on any atom is -0.341 e. The molecule has 0 fully saturated rings. The Labute approximate surface area is 144 Å². The van der Waals surface area contributed by atoms with Gasteiger partial charge in [-0.25, -0.2) is 0 Å². The molecule has 0 spiro atoms. The van der Waals surface area contributed by atoms with E-state index in [1.807, 2.05) is 37.3 Å². The number of hydrogen-bond donors (Lipinski definition) is 2. The fourth-order valence-corrected chi connectivity index (χ4v) is 2.54. The minimum atomic E-state index is -0.680. The zero-order valence-corrected chi connectivity index (χ0v) is 14.7. The van der Waals surface area contributed by atoms with Crippen molar-refractivity contribution in [2.75, 3.05) is 5.32 Å². The third-order valence-corrected chi connectivity index (χ3v) is 4.02. The molecule has 0 aliphatic rings. The summed E-state index contributed by atoms with van der Waals surface area (Å²) >= 11 is 3.32. The van der Waals surface area contributed by atoms with Crippen molar-refractivity contribution in [1.82, 2.24) is 5.32 Å². The first-order valence-corrected chi connectivity index (χ1v) is 8.25. The van der Waals surface area contributed by atoms with Gasteiger partial charge in [-0.3, -0.25) is 9.59 Å². The van der Waals surface area contributed by atoms with Crippen molar-refractivity contribution in [3.63, 3.8) is 0 Å². The number of anilines is 1. The molecule has 2 aromatic carbocycles. The second kappa shape index (κ2) is 7.92. The van der Waals surface area contributed by atoms with Gasteiger partial charge in [0.1, 0.15) is 0 Å². The number of carbonyl (C=O) groups excluding carboxylic acids is 2. The van der Waals surface area contributed by atoms with Crippen LogP contribution in [0.5, 0.6) is 0 Å². The lowest BCUT2D eigenvalue weighted by molar-refractivity contribution is -0.136. The molecule has 1 unspecified atom stereocenters. The number of carbonyl (C=O) groups is 2. The fourth-order valence-electron chi connectivity index (χ4n) is 2.14. The Morgan fingerprint density at radius 1 is 1.09 bits per heavy atom. The molecule has 2 amide bonds. The molecule has 0 aliphatic carbocycles. The maximum absolute atomic E-state index is 12.0. The standard InChI is InChI=1S/C18H19BrN2O2/c1-3-13-7-9-14(10-8-13)12(2)20-17(22)18(23)21-16-6-4-5-15(19)11-16/h4-12H,3H2,1-2H3,(H,20,22)(H,21,23). The van der Waals surface area contributed by atoms with Crippen LogP contribution in [-0.4, -0.2) is 11.8 Å². The molecule has 0 aromatic heterocycles. The lowest BCUT2D eigenvalue weighted by Crippen LogP contribution is -2.36. The molecule has 0 heterocycles. The summed E-state index contributed by atoms with van der Waals surface area (Å²) in [5.41, 5.74) is 2.77. The number of nitrogens with one attached hydrogen (secondary N) is 2. The molecule has 0 saturated carbocycles. The van der Waals surface area contributed by atoms with Crippen LogP contribution in [0.15, 0.2) is 53.0 Å². The van der Waals surface area contributed by atoms with E-state index in [0.29, 0.717) is 5.69 Å². The van der Waals surface area contributed by atoms with Crippen molar-refractivity contribution in [3.05, 3.63) is 64.1 Å². The van der Waals surface area contributed by atoms with Crippen LogP contribution in [0.2, 0.25) is 0 Å². The number of rotatable bonds is 4. The normalized spacial score (nSPS) is 11.6. The van der Waals surface area contributed by atoms with Gasteiger partial charge in [0.15, 0.2) is 0 Å². The van der Waals surface area contributed by atoms with Crippen molar-refractivity contribution in [2.24, 2.45) is 0 Å². The van der Waals surface area contributed by atoms with E-state index in [9.17, 15) is 9.59 Å². The topological polar surface area (TPSA) is 58.2 Å². The Balaban J connectivity index is 1.95. The first kappa shape index (κ1) is 17.2. The van der Waals surface area contributed by atoms with E-state index in [0.717, 1.165) is 16.5 Å². The zero-order chi connectivity index (χ0) is 16.8. The van der Waals surface area contributed by atoms with E-state index < -0.39 is 11.8 Å². The van der Waals surface area contributed by atoms with E-state index in [4.69, 9.17) is 0 Å². The SMILES string of the molecule is CCc1ccc(C(C)NC(=O)C(=O)Nc2cccc(Br)c2)cc1. The molecule has 4 nitrogen and oxygen atoms in total. The summed E-state index contributed by atoms with van der Waals surface area (Å²) in [5.74, 6) is -1.34. The van der Waals surface area contributed by atoms with Crippen molar-refractivity contribution >= 4 is 33.4 Å². The Hall–Kier alpha value is -2.14. The summed E-state index contributed by atoms with van der Waals surface area (Å²) in [6.45, 7) is 3.94. The average Bonchev–Trinajstić information content (AvgIpc) is 2.54. The summed E-state index contributed by atoms with van der Waals surface area (Å²) < 4.78 is 0.833. The Morgan fingerprint density at radius 3 is 2.39 bits per heavy atom. The van der Waals surface area contributed by atoms with Crippen LogP contribution >= 0.6 is 15.9 Å². The Bertz CT molecular complexity index is 698. The van der Waals surface area contributed by atoms with E-state index in [2.05, 4.69) is 33.5 Å². The molecule has 0 saturated heterocycles. The number of hydrogen-bond acceptors (Lipinski definition) is 2. The van der Waals surface area contributed by atoms with Crippen LogP contribution in [0.3, 0.4) is 0 Å². The van der Waals surface area contributed by atoms with Gasteiger partial charge in [0, 0.05) is 10.2 Å². The number of halogens is 1. The predicted octanol–water partition coefficient (Wildman–Crippen LogP) is 3.83. The highest BCUT2D eigenvalue weighted by molar-refractivity contribution is 9.10. The quantitative estimate of drug-likeness (QED) is 0.798. The van der Waals surface area contributed by atoms with Gasteiger partial charge in [-0.2, -0.15) is 0 Å². The third kappa shape index (κ3) is 4.93. The highest BCUT2D eigenvalue weighted by Gasteiger charge is 2.17. The van der Waals surface area contributed by atoms with Gasteiger partial charge in [0.25, 0.3) is 0 Å². The highest BCUT2D eigenvalue weighted by atomic mass is 79.9. The molecule has 0 radical (unpaired) electrons. The van der Waals surface area contributed by atoms with Gasteiger partial charge in [-0.05, 0) is 42.7 Å². The molecule has 2 rings (SSSR count). The largest absolute Gasteiger partial charge is 0.341 e. The number of aryl methyl sites for hydroxylation is 1. The van der Waals surface area contributed by atoms with Crippen LogP contribution in [0, 0.1) is 0 Å². The van der Waals surface area contributed by atoms with Gasteiger partial charge in [-0.15, -0.1) is 0 Å². The summed E-state index contributed by atoms with van der Waals surface area (Å²) in [7, 11) is 0. The van der Waals surface area contributed by atoms with Gasteiger partial charge < -0.3 is 10.6 Å². The molecular weight excluding hydrogens is 356 g/mol. The third-order valence-electron chi connectivity index (χ3n) is 3.52. The number of amides is 2. The molecule has 2 aromatic rings. The van der Waals surface area contributed by atoms with Crippen LogP contribution < -0.4 is 10.6 Å². The van der Waals surface area contributed by atoms with Gasteiger partial charge >= 0.3 is 11.8 Å². The van der Waals surface area contributed by atoms with Gasteiger partial charge in [-0.1, -0.05) is 53.2 Å². The lowest BCUT2D eigenvalue weighted by atomic mass is 10.1. The van der Waals surface area contributed by atoms with E-state index >= 15 is 0 Å². The monoisotopic (exact) mass is 374 g/mol. The summed E-state index contributed by atoms with van der Waals surface area (Å²) in [6.07, 6.45) is 0.968. The molecule has 2 N–H and O–H groups in total. The molecule has 1 atom stereocenters. The molecule has 5 heteroatoms. The second-order valence-electron chi connectivity index (χ2n) is 5.25. The van der Waals surface area contributed by atoms with Crippen LogP contribution in [0.1, 0.15) is 31.0 Å². The van der Waals surface area contributed by atoms with E-state index in [1.165, 1.54) is 5.56 Å². The maximum Gasteiger partial charge on any atom is 0.313 e. The molecule has 120 valence electrons. The second-order valence-corrected chi connectivity index (χ2v) is 6.17. The van der Waals surface area contributed by atoms with Crippen molar-refractivity contribution in [2.45, 2.75) is 26.3 Å². The molecule has 0 aliphatic heterocycles. The summed E-state index contributed by atoms with van der Waals surface area (Å²) in [4.78, 5) is 24.0.